The van der Waals surface area contributed by atoms with E-state index in [4.69, 9.17) is 10.5 Å². The van der Waals surface area contributed by atoms with Crippen LogP contribution in [0.5, 0.6) is 0 Å². The average molecular weight is 144 g/mol. The molecule has 0 amide bonds. The molecule has 10 heavy (non-hydrogen) atoms. The summed E-state index contributed by atoms with van der Waals surface area (Å²) in [7, 11) is 0. The fourth-order valence-electron chi connectivity index (χ4n) is 1.23. The number of hydrogen-bond acceptors (Lipinski definition) is 3. The molecule has 3 nitrogen and oxygen atoms in total. The van der Waals surface area contributed by atoms with Crippen molar-refractivity contribution >= 4 is 0 Å². The van der Waals surface area contributed by atoms with Crippen LogP contribution in [0.4, 0.5) is 0 Å². The van der Waals surface area contributed by atoms with Crippen LogP contribution in [0.3, 0.4) is 0 Å². The van der Waals surface area contributed by atoms with E-state index in [1.165, 1.54) is 0 Å². The highest BCUT2D eigenvalue weighted by atomic mass is 16.5. The average Bonchev–Trinajstić information content (AvgIpc) is 1.88. The molecule has 0 radical (unpaired) electrons. The van der Waals surface area contributed by atoms with Gasteiger partial charge in [-0.15, -0.1) is 0 Å². The summed E-state index contributed by atoms with van der Waals surface area (Å²) in [5.41, 5.74) is 5.40. The summed E-state index contributed by atoms with van der Waals surface area (Å²) in [5.74, 6) is 0. The molecule has 1 heterocycles. The molecule has 0 saturated carbocycles. The van der Waals surface area contributed by atoms with Crippen molar-refractivity contribution in [2.24, 2.45) is 5.73 Å². The van der Waals surface area contributed by atoms with Crippen LogP contribution >= 0.6 is 0 Å². The first kappa shape index (κ1) is 7.98. The van der Waals surface area contributed by atoms with E-state index in [1.807, 2.05) is 0 Å². The normalized spacial score (nSPS) is 34.2. The van der Waals surface area contributed by atoms with Gasteiger partial charge in [-0.2, -0.15) is 0 Å². The molecule has 0 spiro atoms. The number of hydrogen-bond donors (Lipinski definition) is 2. The van der Waals surface area contributed by atoms with E-state index < -0.39 is 0 Å². The molecule has 3 heteroatoms. The van der Waals surface area contributed by atoms with Crippen molar-refractivity contribution in [1.29, 1.82) is 0 Å². The zero-order chi connectivity index (χ0) is 7.40. The maximum atomic E-state index is 5.58. The van der Waals surface area contributed by atoms with Gasteiger partial charge in [0.25, 0.3) is 0 Å². The summed E-state index contributed by atoms with van der Waals surface area (Å²) in [6, 6.07) is 0. The monoisotopic (exact) mass is 144 g/mol. The molecule has 2 atom stereocenters. The predicted octanol–water partition coefficient (Wildman–Crippen LogP) is -0.288. The van der Waals surface area contributed by atoms with E-state index in [0.717, 1.165) is 26.1 Å². The highest BCUT2D eigenvalue weighted by Gasteiger charge is 2.16. The molecule has 0 aromatic heterocycles. The first-order valence-electron chi connectivity index (χ1n) is 3.89. The van der Waals surface area contributed by atoms with E-state index in [2.05, 4.69) is 12.2 Å². The SMILES string of the molecule is CC1CNCC(CCN)O1. The van der Waals surface area contributed by atoms with Crippen LogP contribution < -0.4 is 11.1 Å². The van der Waals surface area contributed by atoms with Crippen molar-refractivity contribution in [2.45, 2.75) is 25.6 Å². The minimum Gasteiger partial charge on any atom is -0.373 e. The van der Waals surface area contributed by atoms with E-state index in [0.29, 0.717) is 12.2 Å². The summed E-state index contributed by atoms with van der Waals surface area (Å²) in [6.07, 6.45) is 1.66. The van der Waals surface area contributed by atoms with Crippen LogP contribution in [0.15, 0.2) is 0 Å². The minimum atomic E-state index is 0.341. The Balaban J connectivity index is 2.18. The Labute approximate surface area is 61.9 Å². The van der Waals surface area contributed by atoms with Gasteiger partial charge in [-0.05, 0) is 19.9 Å². The molecule has 2 unspecified atom stereocenters. The zero-order valence-corrected chi connectivity index (χ0v) is 6.47. The topological polar surface area (TPSA) is 47.3 Å². The van der Waals surface area contributed by atoms with Gasteiger partial charge in [-0.25, -0.2) is 0 Å². The first-order chi connectivity index (χ1) is 4.83. The number of rotatable bonds is 2. The van der Waals surface area contributed by atoms with Gasteiger partial charge >= 0.3 is 0 Å². The third-order valence-corrected chi connectivity index (χ3v) is 1.72. The highest BCUT2D eigenvalue weighted by Crippen LogP contribution is 2.05. The molecule has 1 aliphatic heterocycles. The lowest BCUT2D eigenvalue weighted by Gasteiger charge is -2.28. The summed E-state index contributed by atoms with van der Waals surface area (Å²) < 4.78 is 5.58. The van der Waals surface area contributed by atoms with Gasteiger partial charge in [-0.1, -0.05) is 0 Å². The lowest BCUT2D eigenvalue weighted by molar-refractivity contribution is -0.0294. The molecule has 1 saturated heterocycles. The van der Waals surface area contributed by atoms with Crippen molar-refractivity contribution < 1.29 is 4.74 Å². The van der Waals surface area contributed by atoms with Crippen LogP contribution in [-0.4, -0.2) is 31.8 Å². The van der Waals surface area contributed by atoms with E-state index in [-0.39, 0.29) is 0 Å². The molecule has 60 valence electrons. The lowest BCUT2D eigenvalue weighted by atomic mass is 10.2. The van der Waals surface area contributed by atoms with E-state index in [1.54, 1.807) is 0 Å². The molecule has 1 fully saturated rings. The Hall–Kier alpha value is -0.120. The van der Waals surface area contributed by atoms with Crippen LogP contribution in [0, 0.1) is 0 Å². The Morgan fingerprint density at radius 1 is 1.60 bits per heavy atom. The summed E-state index contributed by atoms with van der Waals surface area (Å²) >= 11 is 0. The number of ether oxygens (including phenoxy) is 1. The van der Waals surface area contributed by atoms with Gasteiger partial charge in [0.1, 0.15) is 0 Å². The summed E-state index contributed by atoms with van der Waals surface area (Å²) in [5, 5.41) is 3.29. The minimum absolute atomic E-state index is 0.341. The Morgan fingerprint density at radius 2 is 2.40 bits per heavy atom. The molecule has 0 aliphatic carbocycles. The molecular weight excluding hydrogens is 128 g/mol. The molecule has 0 aromatic carbocycles. The molecule has 1 rings (SSSR count). The molecule has 0 aromatic rings. The second-order valence-corrected chi connectivity index (χ2v) is 2.80. The second-order valence-electron chi connectivity index (χ2n) is 2.80. The van der Waals surface area contributed by atoms with Gasteiger partial charge < -0.3 is 15.8 Å². The number of morpholine rings is 1. The Morgan fingerprint density at radius 3 is 3.00 bits per heavy atom. The van der Waals surface area contributed by atoms with Gasteiger partial charge in [-0.3, -0.25) is 0 Å². The molecular formula is C7H16N2O. The van der Waals surface area contributed by atoms with Crippen molar-refractivity contribution in [2.75, 3.05) is 19.6 Å². The van der Waals surface area contributed by atoms with Crippen molar-refractivity contribution in [1.82, 2.24) is 5.32 Å². The largest absolute Gasteiger partial charge is 0.373 e. The molecule has 0 bridgehead atoms. The second kappa shape index (κ2) is 3.91. The maximum absolute atomic E-state index is 5.58. The van der Waals surface area contributed by atoms with Gasteiger partial charge in [0.15, 0.2) is 0 Å². The Bertz CT molecular complexity index is 95.6. The smallest absolute Gasteiger partial charge is 0.0715 e. The lowest BCUT2D eigenvalue weighted by Crippen LogP contribution is -2.44. The van der Waals surface area contributed by atoms with Gasteiger partial charge in [0.05, 0.1) is 12.2 Å². The molecule has 3 N–H and O–H groups in total. The van der Waals surface area contributed by atoms with Crippen molar-refractivity contribution in [3.05, 3.63) is 0 Å². The number of nitrogens with two attached hydrogens (primary N) is 1. The van der Waals surface area contributed by atoms with Gasteiger partial charge in [0, 0.05) is 13.1 Å². The third kappa shape index (κ3) is 2.25. The standard InChI is InChI=1S/C7H16N2O/c1-6-4-9-5-7(10-6)2-3-8/h6-7,9H,2-5,8H2,1H3. The van der Waals surface area contributed by atoms with Gasteiger partial charge in [0.2, 0.25) is 0 Å². The maximum Gasteiger partial charge on any atom is 0.0715 e. The van der Waals surface area contributed by atoms with Crippen LogP contribution in [0.2, 0.25) is 0 Å². The van der Waals surface area contributed by atoms with Crippen molar-refractivity contribution in [3.8, 4) is 0 Å². The van der Waals surface area contributed by atoms with Crippen LogP contribution in [0.25, 0.3) is 0 Å². The van der Waals surface area contributed by atoms with Crippen LogP contribution in [-0.2, 0) is 4.74 Å². The van der Waals surface area contributed by atoms with Crippen LogP contribution in [0.1, 0.15) is 13.3 Å². The summed E-state index contributed by atoms with van der Waals surface area (Å²) in [6.45, 7) is 4.73. The van der Waals surface area contributed by atoms with E-state index in [9.17, 15) is 0 Å². The first-order valence-corrected chi connectivity index (χ1v) is 3.89. The van der Waals surface area contributed by atoms with E-state index >= 15 is 0 Å². The predicted molar refractivity (Wildman–Crippen MR) is 40.9 cm³/mol. The molecule has 1 aliphatic rings. The summed E-state index contributed by atoms with van der Waals surface area (Å²) in [4.78, 5) is 0. The fourth-order valence-corrected chi connectivity index (χ4v) is 1.23. The zero-order valence-electron chi connectivity index (χ0n) is 6.47. The number of nitrogens with one attached hydrogen (secondary N) is 1. The Kier molecular flexibility index (Phi) is 3.12. The fraction of sp³-hybridized carbons (Fsp3) is 1.00. The van der Waals surface area contributed by atoms with Crippen molar-refractivity contribution in [3.63, 3.8) is 0 Å². The highest BCUT2D eigenvalue weighted by molar-refractivity contribution is 4.71. The third-order valence-electron chi connectivity index (χ3n) is 1.72. The quantitative estimate of drug-likeness (QED) is 0.560.